The SMILES string of the molecule is CCCn1c(NC(=O)[C@H](C)S(C)(=O)=O)nc2ccccc21. The van der Waals surface area contributed by atoms with Crippen LogP contribution in [-0.2, 0) is 21.2 Å². The highest BCUT2D eigenvalue weighted by Gasteiger charge is 2.25. The van der Waals surface area contributed by atoms with Crippen LogP contribution in [0, 0.1) is 0 Å². The number of anilines is 1. The minimum Gasteiger partial charge on any atom is -0.310 e. The summed E-state index contributed by atoms with van der Waals surface area (Å²) in [6, 6.07) is 7.56. The van der Waals surface area contributed by atoms with Gasteiger partial charge < -0.3 is 4.57 Å². The lowest BCUT2D eigenvalue weighted by Crippen LogP contribution is -2.32. The van der Waals surface area contributed by atoms with Crippen LogP contribution in [0.15, 0.2) is 24.3 Å². The summed E-state index contributed by atoms with van der Waals surface area (Å²) in [5.41, 5.74) is 1.69. The molecule has 0 radical (unpaired) electrons. The third-order valence-electron chi connectivity index (χ3n) is 3.35. The lowest BCUT2D eigenvalue weighted by atomic mass is 10.3. The average Bonchev–Trinajstić information content (AvgIpc) is 2.75. The molecule has 1 N–H and O–H groups in total. The number of nitrogens with zero attached hydrogens (tertiary/aromatic N) is 2. The van der Waals surface area contributed by atoms with E-state index in [-0.39, 0.29) is 0 Å². The number of fused-ring (bicyclic) bond motifs is 1. The normalized spacial score (nSPS) is 13.3. The van der Waals surface area contributed by atoms with Crippen molar-refractivity contribution < 1.29 is 13.2 Å². The molecule has 0 saturated carbocycles. The first-order valence-electron chi connectivity index (χ1n) is 6.79. The third-order valence-corrected chi connectivity index (χ3v) is 4.85. The average molecular weight is 309 g/mol. The largest absolute Gasteiger partial charge is 0.310 e. The molecule has 2 aromatic rings. The van der Waals surface area contributed by atoms with Gasteiger partial charge in [-0.05, 0) is 25.5 Å². The fraction of sp³-hybridized carbons (Fsp3) is 0.429. The molecule has 6 nitrogen and oxygen atoms in total. The van der Waals surface area contributed by atoms with E-state index < -0.39 is 21.0 Å². The van der Waals surface area contributed by atoms with Crippen LogP contribution in [0.1, 0.15) is 20.3 Å². The number of hydrogen-bond acceptors (Lipinski definition) is 4. The number of rotatable bonds is 5. The zero-order valence-electron chi connectivity index (χ0n) is 12.3. The van der Waals surface area contributed by atoms with E-state index in [1.165, 1.54) is 6.92 Å². The molecular weight excluding hydrogens is 290 g/mol. The Morgan fingerprint density at radius 2 is 2.05 bits per heavy atom. The second-order valence-corrected chi connectivity index (χ2v) is 7.40. The number of hydrogen-bond donors (Lipinski definition) is 1. The van der Waals surface area contributed by atoms with Gasteiger partial charge in [-0.3, -0.25) is 10.1 Å². The van der Waals surface area contributed by atoms with Crippen molar-refractivity contribution in [3.8, 4) is 0 Å². The van der Waals surface area contributed by atoms with Gasteiger partial charge in [-0.1, -0.05) is 19.1 Å². The number of aryl methyl sites for hydroxylation is 1. The number of sulfone groups is 1. The minimum absolute atomic E-state index is 0.388. The van der Waals surface area contributed by atoms with Gasteiger partial charge in [0.1, 0.15) is 5.25 Å². The summed E-state index contributed by atoms with van der Waals surface area (Å²) in [6.45, 7) is 4.10. The Morgan fingerprint density at radius 1 is 1.38 bits per heavy atom. The van der Waals surface area contributed by atoms with Gasteiger partial charge in [0, 0.05) is 12.8 Å². The van der Waals surface area contributed by atoms with E-state index in [2.05, 4.69) is 10.3 Å². The standard InChI is InChI=1S/C14H19N3O3S/c1-4-9-17-12-8-6-5-7-11(12)15-14(17)16-13(18)10(2)21(3,19)20/h5-8,10H,4,9H2,1-3H3,(H,15,16,18)/t10-/m0/s1. The number of carbonyl (C=O) groups is 1. The smallest absolute Gasteiger partial charge is 0.244 e. The summed E-state index contributed by atoms with van der Waals surface area (Å²) < 4.78 is 24.8. The highest BCUT2D eigenvalue weighted by atomic mass is 32.2. The molecule has 0 aliphatic rings. The van der Waals surface area contributed by atoms with E-state index in [9.17, 15) is 13.2 Å². The van der Waals surface area contributed by atoms with Gasteiger partial charge in [-0.2, -0.15) is 0 Å². The van der Waals surface area contributed by atoms with Crippen molar-refractivity contribution in [1.82, 2.24) is 9.55 Å². The minimum atomic E-state index is -3.43. The molecule has 1 aromatic heterocycles. The number of benzene rings is 1. The van der Waals surface area contributed by atoms with Gasteiger partial charge in [-0.15, -0.1) is 0 Å². The molecule has 114 valence electrons. The van der Waals surface area contributed by atoms with Gasteiger partial charge in [0.2, 0.25) is 11.9 Å². The quantitative estimate of drug-likeness (QED) is 0.913. The molecule has 0 saturated heterocycles. The molecule has 1 aromatic carbocycles. The zero-order valence-corrected chi connectivity index (χ0v) is 13.1. The van der Waals surface area contributed by atoms with Crippen molar-refractivity contribution in [2.45, 2.75) is 32.1 Å². The monoisotopic (exact) mass is 309 g/mol. The zero-order chi connectivity index (χ0) is 15.6. The van der Waals surface area contributed by atoms with E-state index in [4.69, 9.17) is 0 Å². The van der Waals surface area contributed by atoms with Crippen LogP contribution in [0.5, 0.6) is 0 Å². The Morgan fingerprint density at radius 3 is 2.67 bits per heavy atom. The number of amides is 1. The molecule has 21 heavy (non-hydrogen) atoms. The summed E-state index contributed by atoms with van der Waals surface area (Å²) in [7, 11) is -3.43. The lowest BCUT2D eigenvalue weighted by molar-refractivity contribution is -0.115. The van der Waals surface area contributed by atoms with E-state index >= 15 is 0 Å². The Kier molecular flexibility index (Phi) is 4.32. The molecule has 1 heterocycles. The molecule has 2 rings (SSSR count). The van der Waals surface area contributed by atoms with Crippen molar-refractivity contribution in [1.29, 1.82) is 0 Å². The Hall–Kier alpha value is -1.89. The molecule has 1 atom stereocenters. The number of imidazole rings is 1. The molecule has 0 aliphatic carbocycles. The van der Waals surface area contributed by atoms with Crippen molar-refractivity contribution in [3.05, 3.63) is 24.3 Å². The summed E-state index contributed by atoms with van der Waals surface area (Å²) in [5.74, 6) is -0.177. The maximum absolute atomic E-state index is 12.0. The van der Waals surface area contributed by atoms with Gasteiger partial charge in [0.05, 0.1) is 11.0 Å². The molecule has 0 bridgehead atoms. The molecule has 1 amide bonds. The van der Waals surface area contributed by atoms with Crippen LogP contribution in [-0.4, -0.2) is 35.4 Å². The van der Waals surface area contributed by atoms with Crippen LogP contribution in [0.25, 0.3) is 11.0 Å². The Bertz CT molecular complexity index is 765. The van der Waals surface area contributed by atoms with Crippen LogP contribution in [0.4, 0.5) is 5.95 Å². The fourth-order valence-electron chi connectivity index (χ4n) is 2.03. The van der Waals surface area contributed by atoms with E-state index in [1.807, 2.05) is 35.8 Å². The molecule has 7 heteroatoms. The van der Waals surface area contributed by atoms with Crippen LogP contribution >= 0.6 is 0 Å². The summed E-state index contributed by atoms with van der Waals surface area (Å²) in [5, 5.41) is 1.52. The van der Waals surface area contributed by atoms with Gasteiger partial charge in [0.25, 0.3) is 0 Å². The highest BCUT2D eigenvalue weighted by Crippen LogP contribution is 2.20. The van der Waals surface area contributed by atoms with Crippen molar-refractivity contribution >= 4 is 32.7 Å². The van der Waals surface area contributed by atoms with E-state index in [0.29, 0.717) is 12.5 Å². The predicted octanol–water partition coefficient (Wildman–Crippen LogP) is 1.82. The van der Waals surface area contributed by atoms with Gasteiger partial charge in [0.15, 0.2) is 9.84 Å². The number of carbonyl (C=O) groups excluding carboxylic acids is 1. The van der Waals surface area contributed by atoms with Crippen LogP contribution in [0.2, 0.25) is 0 Å². The van der Waals surface area contributed by atoms with Gasteiger partial charge in [-0.25, -0.2) is 13.4 Å². The van der Waals surface area contributed by atoms with Crippen molar-refractivity contribution in [3.63, 3.8) is 0 Å². The van der Waals surface area contributed by atoms with Gasteiger partial charge >= 0.3 is 0 Å². The second kappa shape index (κ2) is 5.85. The topological polar surface area (TPSA) is 81.1 Å². The molecule has 0 aliphatic heterocycles. The molecule has 0 unspecified atom stereocenters. The van der Waals surface area contributed by atoms with E-state index in [1.54, 1.807) is 0 Å². The highest BCUT2D eigenvalue weighted by molar-refractivity contribution is 7.92. The fourth-order valence-corrected chi connectivity index (χ4v) is 2.47. The number of aromatic nitrogens is 2. The first kappa shape index (κ1) is 15.5. The first-order valence-corrected chi connectivity index (χ1v) is 8.75. The maximum atomic E-state index is 12.0. The molecular formula is C14H19N3O3S. The first-order chi connectivity index (χ1) is 9.84. The van der Waals surface area contributed by atoms with Crippen molar-refractivity contribution in [2.24, 2.45) is 0 Å². The second-order valence-electron chi connectivity index (χ2n) is 5.04. The van der Waals surface area contributed by atoms with E-state index in [0.717, 1.165) is 23.7 Å². The van der Waals surface area contributed by atoms with Crippen LogP contribution in [0.3, 0.4) is 0 Å². The predicted molar refractivity (Wildman–Crippen MR) is 83.0 cm³/mol. The number of para-hydroxylation sites is 2. The third kappa shape index (κ3) is 3.24. The Balaban J connectivity index is 2.38. The summed E-state index contributed by atoms with van der Waals surface area (Å²) in [6.07, 6.45) is 1.93. The molecule has 0 fully saturated rings. The Labute approximate surface area is 124 Å². The summed E-state index contributed by atoms with van der Waals surface area (Å²) >= 11 is 0. The van der Waals surface area contributed by atoms with Crippen LogP contribution < -0.4 is 5.32 Å². The lowest BCUT2D eigenvalue weighted by Gasteiger charge is -2.12. The maximum Gasteiger partial charge on any atom is 0.244 e. The van der Waals surface area contributed by atoms with Crippen molar-refractivity contribution in [2.75, 3.05) is 11.6 Å². The summed E-state index contributed by atoms with van der Waals surface area (Å²) in [4.78, 5) is 16.4. The molecule has 0 spiro atoms. The number of nitrogens with one attached hydrogen (secondary N) is 1.